The van der Waals surface area contributed by atoms with Crippen molar-refractivity contribution >= 4 is 52.2 Å². The third kappa shape index (κ3) is 7.11. The number of guanidine groups is 2. The summed E-state index contributed by atoms with van der Waals surface area (Å²) in [6, 6.07) is 13.0. The third-order valence-corrected chi connectivity index (χ3v) is 8.07. The van der Waals surface area contributed by atoms with Gasteiger partial charge in [0.2, 0.25) is 17.7 Å². The molecule has 2 saturated heterocycles. The molecule has 2 aromatic carbocycles. The van der Waals surface area contributed by atoms with Gasteiger partial charge in [-0.25, -0.2) is 4.99 Å². The lowest BCUT2D eigenvalue weighted by Crippen LogP contribution is -2.68. The number of nitrogens with one attached hydrogen (secondary N) is 1. The topological polar surface area (TPSA) is 199 Å². The van der Waals surface area contributed by atoms with Gasteiger partial charge >= 0.3 is 0 Å². The highest BCUT2D eigenvalue weighted by molar-refractivity contribution is 8.00. The number of fused-ring (bicyclic) bond motifs is 2. The van der Waals surface area contributed by atoms with E-state index in [0.29, 0.717) is 44.6 Å². The minimum Gasteiger partial charge on any atom is -0.370 e. The van der Waals surface area contributed by atoms with Crippen LogP contribution >= 0.6 is 11.8 Å². The zero-order chi connectivity index (χ0) is 27.9. The van der Waals surface area contributed by atoms with Crippen molar-refractivity contribution in [2.45, 2.75) is 36.7 Å². The van der Waals surface area contributed by atoms with Gasteiger partial charge in [0, 0.05) is 18.8 Å². The normalized spacial score (nSPS) is 20.9. The predicted octanol–water partition coefficient (Wildman–Crippen LogP) is -0.694. The number of amides is 3. The number of nitrogens with two attached hydrogens (primary N) is 4. The molecule has 2 aromatic rings. The molecule has 0 bridgehead atoms. The molecule has 0 spiro atoms. The second-order valence-electron chi connectivity index (χ2n) is 9.58. The number of rotatable bonds is 10. The van der Waals surface area contributed by atoms with E-state index < -0.39 is 18.0 Å². The fourth-order valence-corrected chi connectivity index (χ4v) is 6.24. The van der Waals surface area contributed by atoms with Gasteiger partial charge in [0.1, 0.15) is 18.6 Å². The number of benzene rings is 2. The molecular weight excluding hydrogens is 518 g/mol. The molecule has 12 nitrogen and oxygen atoms in total. The lowest BCUT2D eigenvalue weighted by Gasteiger charge is -2.49. The number of hydrogen-bond donors (Lipinski definition) is 5. The molecule has 3 atom stereocenters. The highest BCUT2D eigenvalue weighted by atomic mass is 32.2. The molecule has 9 N–H and O–H groups in total. The van der Waals surface area contributed by atoms with E-state index in [9.17, 15) is 14.4 Å². The van der Waals surface area contributed by atoms with E-state index in [0.717, 1.165) is 10.9 Å². The van der Waals surface area contributed by atoms with Crippen LogP contribution in [0, 0.1) is 0 Å². The van der Waals surface area contributed by atoms with Crippen LogP contribution in [0.15, 0.2) is 52.4 Å². The Morgan fingerprint density at radius 3 is 2.49 bits per heavy atom. The lowest BCUT2D eigenvalue weighted by atomic mass is 10.0. The number of piperazine rings is 1. The first-order chi connectivity index (χ1) is 18.7. The SMILES string of the molecule is NC(N)=NCCC[C@H]1C(=O)N(CCc2ccc3ccccc3c2)C[C@H]2SC[C@@H](NC(=O)CN=C(N)N)C(=O)N21. The number of thioether (sulfide) groups is 1. The molecule has 3 amide bonds. The summed E-state index contributed by atoms with van der Waals surface area (Å²) in [5.74, 6) is -0.704. The smallest absolute Gasteiger partial charge is 0.247 e. The van der Waals surface area contributed by atoms with Crippen LogP contribution in [-0.2, 0) is 20.8 Å². The van der Waals surface area contributed by atoms with E-state index in [1.54, 1.807) is 16.7 Å². The molecule has 208 valence electrons. The molecule has 4 rings (SSSR count). The molecule has 2 heterocycles. The fourth-order valence-electron chi connectivity index (χ4n) is 4.91. The summed E-state index contributed by atoms with van der Waals surface area (Å²) in [5, 5.41) is 4.81. The molecule has 13 heteroatoms. The molecular formula is C26H35N9O3S. The molecule has 2 aliphatic heterocycles. The minimum absolute atomic E-state index is 0.0204. The fraction of sp³-hybridized carbons (Fsp3) is 0.423. The number of aliphatic imine (C=N–C) groups is 2. The van der Waals surface area contributed by atoms with Gasteiger partial charge < -0.3 is 38.1 Å². The first kappa shape index (κ1) is 28.0. The summed E-state index contributed by atoms with van der Waals surface area (Å²) >= 11 is 1.55. The van der Waals surface area contributed by atoms with Crippen molar-refractivity contribution in [1.82, 2.24) is 15.1 Å². The molecule has 2 aliphatic rings. The van der Waals surface area contributed by atoms with E-state index in [-0.39, 0.29) is 35.7 Å². The number of carbonyl (C=O) groups excluding carboxylic acids is 3. The largest absolute Gasteiger partial charge is 0.370 e. The monoisotopic (exact) mass is 553 g/mol. The Labute approximate surface area is 231 Å². The molecule has 0 unspecified atom stereocenters. The van der Waals surface area contributed by atoms with Crippen molar-refractivity contribution < 1.29 is 14.4 Å². The Balaban J connectivity index is 1.47. The van der Waals surface area contributed by atoms with Gasteiger partial charge in [-0.05, 0) is 35.6 Å². The summed E-state index contributed by atoms with van der Waals surface area (Å²) in [6.45, 7) is 1.03. The van der Waals surface area contributed by atoms with Crippen molar-refractivity contribution in [3.63, 3.8) is 0 Å². The lowest BCUT2D eigenvalue weighted by molar-refractivity contribution is -0.155. The Morgan fingerprint density at radius 1 is 1.00 bits per heavy atom. The van der Waals surface area contributed by atoms with Crippen molar-refractivity contribution in [3.05, 3.63) is 48.0 Å². The standard InChI is InChI=1S/C26H35N9O3S/c27-25(28)31-10-3-6-20-24(38)34(11-9-16-7-8-17-4-1-2-5-18(17)12-16)14-22-35(20)23(37)19(15-39-22)33-21(36)13-32-26(29)30/h1-2,4-5,7-8,12,19-20,22H,3,6,9-11,13-15H2,(H,33,36)(H4,27,28,31)(H4,29,30,32)/t19-,20+,22-/m1/s1. The van der Waals surface area contributed by atoms with E-state index in [2.05, 4.69) is 45.6 Å². The van der Waals surface area contributed by atoms with Crippen molar-refractivity contribution in [3.8, 4) is 0 Å². The van der Waals surface area contributed by atoms with E-state index in [1.807, 2.05) is 17.0 Å². The van der Waals surface area contributed by atoms with Crippen LogP contribution < -0.4 is 28.3 Å². The van der Waals surface area contributed by atoms with Crippen LogP contribution in [0.5, 0.6) is 0 Å². The highest BCUT2D eigenvalue weighted by Crippen LogP contribution is 2.33. The van der Waals surface area contributed by atoms with E-state index >= 15 is 0 Å². The summed E-state index contributed by atoms with van der Waals surface area (Å²) in [6.07, 6.45) is 1.63. The zero-order valence-electron chi connectivity index (χ0n) is 21.7. The average molecular weight is 554 g/mol. The molecule has 2 fully saturated rings. The molecule has 39 heavy (non-hydrogen) atoms. The second kappa shape index (κ2) is 12.7. The number of hydrogen-bond acceptors (Lipinski definition) is 6. The summed E-state index contributed by atoms with van der Waals surface area (Å²) < 4.78 is 0. The summed E-state index contributed by atoms with van der Waals surface area (Å²) in [5.41, 5.74) is 22.6. The zero-order valence-corrected chi connectivity index (χ0v) is 22.5. The first-order valence-corrected chi connectivity index (χ1v) is 13.9. The maximum atomic E-state index is 13.7. The quantitative estimate of drug-likeness (QED) is 0.145. The van der Waals surface area contributed by atoms with Gasteiger partial charge in [-0.3, -0.25) is 19.4 Å². The van der Waals surface area contributed by atoms with Crippen LogP contribution in [0.4, 0.5) is 0 Å². The van der Waals surface area contributed by atoms with Gasteiger partial charge in [0.05, 0.1) is 11.9 Å². The Hall–Kier alpha value is -4.00. The molecule has 0 saturated carbocycles. The summed E-state index contributed by atoms with van der Waals surface area (Å²) in [4.78, 5) is 50.7. The van der Waals surface area contributed by atoms with Crippen molar-refractivity contribution in [2.75, 3.05) is 31.9 Å². The highest BCUT2D eigenvalue weighted by Gasteiger charge is 2.47. The van der Waals surface area contributed by atoms with Crippen LogP contribution in [0.1, 0.15) is 18.4 Å². The average Bonchev–Trinajstić information content (AvgIpc) is 2.91. The molecule has 0 aliphatic carbocycles. The second-order valence-corrected chi connectivity index (χ2v) is 10.8. The Morgan fingerprint density at radius 2 is 1.74 bits per heavy atom. The minimum atomic E-state index is -0.773. The maximum absolute atomic E-state index is 13.7. The number of nitrogens with zero attached hydrogens (tertiary/aromatic N) is 4. The Kier molecular flexibility index (Phi) is 9.12. The van der Waals surface area contributed by atoms with Crippen LogP contribution in [0.25, 0.3) is 10.8 Å². The summed E-state index contributed by atoms with van der Waals surface area (Å²) in [7, 11) is 0. The molecule has 0 aromatic heterocycles. The first-order valence-electron chi connectivity index (χ1n) is 12.8. The van der Waals surface area contributed by atoms with Gasteiger partial charge in [-0.2, -0.15) is 0 Å². The van der Waals surface area contributed by atoms with Gasteiger partial charge in [0.15, 0.2) is 11.9 Å². The van der Waals surface area contributed by atoms with Gasteiger partial charge in [-0.15, -0.1) is 11.8 Å². The third-order valence-electron chi connectivity index (χ3n) is 6.78. The van der Waals surface area contributed by atoms with Gasteiger partial charge in [0.25, 0.3) is 0 Å². The molecule has 0 radical (unpaired) electrons. The van der Waals surface area contributed by atoms with E-state index in [4.69, 9.17) is 22.9 Å². The number of carbonyl (C=O) groups is 3. The van der Waals surface area contributed by atoms with Crippen LogP contribution in [-0.4, -0.2) is 88.8 Å². The Bertz CT molecular complexity index is 1280. The predicted molar refractivity (Wildman–Crippen MR) is 154 cm³/mol. The van der Waals surface area contributed by atoms with Gasteiger partial charge in [-0.1, -0.05) is 42.5 Å². The van der Waals surface area contributed by atoms with E-state index in [1.165, 1.54) is 5.39 Å². The van der Waals surface area contributed by atoms with Crippen molar-refractivity contribution in [1.29, 1.82) is 0 Å². The van der Waals surface area contributed by atoms with Crippen LogP contribution in [0.3, 0.4) is 0 Å². The maximum Gasteiger partial charge on any atom is 0.247 e. The van der Waals surface area contributed by atoms with Crippen LogP contribution in [0.2, 0.25) is 0 Å². The van der Waals surface area contributed by atoms with Crippen molar-refractivity contribution in [2.24, 2.45) is 32.9 Å².